The van der Waals surface area contributed by atoms with Crippen LogP contribution in [-0.4, -0.2) is 17.0 Å². The molecule has 0 bridgehead atoms. The molecule has 2 N–H and O–H groups in total. The van der Waals surface area contributed by atoms with Crippen LogP contribution in [0.1, 0.15) is 29.5 Å². The van der Waals surface area contributed by atoms with Gasteiger partial charge in [-0.3, -0.25) is 9.59 Å². The van der Waals surface area contributed by atoms with Gasteiger partial charge in [0.05, 0.1) is 17.4 Å². The smallest absolute Gasteiger partial charge is 0.416 e. The third-order valence-corrected chi connectivity index (χ3v) is 4.89. The second-order valence-corrected chi connectivity index (χ2v) is 6.90. The summed E-state index contributed by atoms with van der Waals surface area (Å²) in [4.78, 5) is 23.4. The van der Waals surface area contributed by atoms with Gasteiger partial charge in [-0.15, -0.1) is 0 Å². The molecule has 1 aliphatic carbocycles. The average molecular weight is 398 g/mol. The maximum atomic E-state index is 13.0. The standard InChI is InChI=1S/C19H15ClF3NO3/c20-15-6-3-12(19(21,22)23)10-14(15)18(7-8-18)17(27)24-13-4-1-11(2-5-13)9-16(25)26/h1-6,10H,7-9H2,(H,24,27)(H,25,26). The van der Waals surface area contributed by atoms with Gasteiger partial charge in [0, 0.05) is 10.7 Å². The highest BCUT2D eigenvalue weighted by Crippen LogP contribution is 2.52. The van der Waals surface area contributed by atoms with Crippen molar-refractivity contribution < 1.29 is 27.9 Å². The van der Waals surface area contributed by atoms with Crippen molar-refractivity contribution >= 4 is 29.2 Å². The molecular weight excluding hydrogens is 383 g/mol. The molecule has 0 aromatic heterocycles. The van der Waals surface area contributed by atoms with Crippen molar-refractivity contribution in [3.8, 4) is 0 Å². The summed E-state index contributed by atoms with van der Waals surface area (Å²) in [6.45, 7) is 0. The highest BCUT2D eigenvalue weighted by atomic mass is 35.5. The number of carboxylic acids is 1. The zero-order chi connectivity index (χ0) is 19.8. The number of halogens is 4. The molecule has 3 rings (SSSR count). The first-order valence-electron chi connectivity index (χ1n) is 8.11. The zero-order valence-electron chi connectivity index (χ0n) is 13.9. The molecule has 4 nitrogen and oxygen atoms in total. The maximum absolute atomic E-state index is 13.0. The molecule has 1 aliphatic rings. The number of aliphatic carboxylic acids is 1. The number of hydrogen-bond donors (Lipinski definition) is 2. The second-order valence-electron chi connectivity index (χ2n) is 6.50. The Morgan fingerprint density at radius 3 is 2.26 bits per heavy atom. The lowest BCUT2D eigenvalue weighted by molar-refractivity contribution is -0.138. The quantitative estimate of drug-likeness (QED) is 0.771. The highest BCUT2D eigenvalue weighted by molar-refractivity contribution is 6.32. The number of carboxylic acid groups (broad SMARTS) is 1. The molecule has 142 valence electrons. The number of alkyl halides is 3. The third-order valence-electron chi connectivity index (χ3n) is 4.56. The monoisotopic (exact) mass is 397 g/mol. The van der Waals surface area contributed by atoms with Crippen LogP contribution in [0.15, 0.2) is 42.5 Å². The van der Waals surface area contributed by atoms with Gasteiger partial charge in [0.25, 0.3) is 0 Å². The average Bonchev–Trinajstić information content (AvgIpc) is 3.37. The topological polar surface area (TPSA) is 66.4 Å². The van der Waals surface area contributed by atoms with Crippen LogP contribution in [0.3, 0.4) is 0 Å². The van der Waals surface area contributed by atoms with Crippen LogP contribution < -0.4 is 5.32 Å². The Morgan fingerprint density at radius 2 is 1.74 bits per heavy atom. The fourth-order valence-corrected chi connectivity index (χ4v) is 3.24. The summed E-state index contributed by atoms with van der Waals surface area (Å²) in [7, 11) is 0. The second kappa shape index (κ2) is 6.88. The Labute approximate surface area is 158 Å². The van der Waals surface area contributed by atoms with Crippen LogP contribution in [0.25, 0.3) is 0 Å². The van der Waals surface area contributed by atoms with Crippen molar-refractivity contribution in [3.05, 3.63) is 64.2 Å². The van der Waals surface area contributed by atoms with Crippen LogP contribution >= 0.6 is 11.6 Å². The van der Waals surface area contributed by atoms with Crippen LogP contribution in [0, 0.1) is 0 Å². The van der Waals surface area contributed by atoms with E-state index in [1.807, 2.05) is 0 Å². The van der Waals surface area contributed by atoms with Gasteiger partial charge in [-0.25, -0.2) is 0 Å². The van der Waals surface area contributed by atoms with E-state index in [-0.39, 0.29) is 17.0 Å². The van der Waals surface area contributed by atoms with E-state index in [9.17, 15) is 22.8 Å². The van der Waals surface area contributed by atoms with Crippen molar-refractivity contribution in [1.29, 1.82) is 0 Å². The van der Waals surface area contributed by atoms with Gasteiger partial charge in [-0.1, -0.05) is 23.7 Å². The number of anilines is 1. The molecule has 0 aliphatic heterocycles. The van der Waals surface area contributed by atoms with E-state index in [1.165, 1.54) is 0 Å². The van der Waals surface area contributed by atoms with Gasteiger partial charge >= 0.3 is 12.1 Å². The third kappa shape index (κ3) is 4.08. The number of rotatable bonds is 5. The van der Waals surface area contributed by atoms with E-state index in [1.54, 1.807) is 24.3 Å². The molecule has 0 unspecified atom stereocenters. The Kier molecular flexibility index (Phi) is 4.90. The molecule has 2 aromatic carbocycles. The van der Waals surface area contributed by atoms with Crippen molar-refractivity contribution in [3.63, 3.8) is 0 Å². The fourth-order valence-electron chi connectivity index (χ4n) is 2.94. The summed E-state index contributed by atoms with van der Waals surface area (Å²) in [5, 5.41) is 11.6. The molecule has 8 heteroatoms. The number of nitrogens with one attached hydrogen (secondary N) is 1. The zero-order valence-corrected chi connectivity index (χ0v) is 14.7. The molecule has 1 fully saturated rings. The Bertz CT molecular complexity index is 890. The molecule has 1 amide bonds. The first kappa shape index (κ1) is 19.2. The van der Waals surface area contributed by atoms with E-state index in [2.05, 4.69) is 5.32 Å². The van der Waals surface area contributed by atoms with Crippen molar-refractivity contribution in [2.24, 2.45) is 0 Å². The lowest BCUT2D eigenvalue weighted by Gasteiger charge is -2.19. The van der Waals surface area contributed by atoms with E-state index in [0.29, 0.717) is 24.1 Å². The molecule has 2 aromatic rings. The summed E-state index contributed by atoms with van der Waals surface area (Å²) in [6.07, 6.45) is -3.86. The van der Waals surface area contributed by atoms with Crippen molar-refractivity contribution in [1.82, 2.24) is 0 Å². The lowest BCUT2D eigenvalue weighted by Crippen LogP contribution is -2.28. The molecule has 0 spiro atoms. The minimum Gasteiger partial charge on any atom is -0.481 e. The fraction of sp³-hybridized carbons (Fsp3) is 0.263. The molecule has 0 atom stereocenters. The Morgan fingerprint density at radius 1 is 1.11 bits per heavy atom. The van der Waals surface area contributed by atoms with Gasteiger partial charge in [0.1, 0.15) is 0 Å². The van der Waals surface area contributed by atoms with Gasteiger partial charge < -0.3 is 10.4 Å². The van der Waals surface area contributed by atoms with E-state index in [0.717, 1.165) is 18.2 Å². The predicted molar refractivity (Wildman–Crippen MR) is 93.8 cm³/mol. The Hall–Kier alpha value is -2.54. The first-order chi connectivity index (χ1) is 12.6. The first-order valence-corrected chi connectivity index (χ1v) is 8.49. The SMILES string of the molecule is O=C(O)Cc1ccc(NC(=O)C2(c3cc(C(F)(F)F)ccc3Cl)CC2)cc1. The van der Waals surface area contributed by atoms with Crippen LogP contribution in [-0.2, 0) is 27.6 Å². The van der Waals surface area contributed by atoms with Crippen molar-refractivity contribution in [2.45, 2.75) is 30.9 Å². The summed E-state index contributed by atoms with van der Waals surface area (Å²) >= 11 is 6.08. The minimum absolute atomic E-state index is 0.118. The van der Waals surface area contributed by atoms with Gasteiger partial charge in [-0.2, -0.15) is 13.2 Å². The van der Waals surface area contributed by atoms with E-state index in [4.69, 9.17) is 16.7 Å². The predicted octanol–water partition coefficient (Wildman–Crippen LogP) is 4.66. The van der Waals surface area contributed by atoms with E-state index < -0.39 is 29.0 Å². The summed E-state index contributed by atoms with van der Waals surface area (Å²) in [5.41, 5.74) is -0.762. The number of amides is 1. The van der Waals surface area contributed by atoms with Crippen LogP contribution in [0.4, 0.5) is 18.9 Å². The minimum atomic E-state index is -4.52. The summed E-state index contributed by atoms with van der Waals surface area (Å²) < 4.78 is 39.0. The highest BCUT2D eigenvalue weighted by Gasteiger charge is 2.53. The number of carbonyl (C=O) groups is 2. The largest absolute Gasteiger partial charge is 0.481 e. The normalized spacial score (nSPS) is 15.3. The number of carbonyl (C=O) groups excluding carboxylic acids is 1. The summed E-state index contributed by atoms with van der Waals surface area (Å²) in [6, 6.07) is 9.24. The van der Waals surface area contributed by atoms with Crippen LogP contribution in [0.2, 0.25) is 5.02 Å². The molecule has 0 radical (unpaired) electrons. The number of hydrogen-bond acceptors (Lipinski definition) is 2. The molecule has 27 heavy (non-hydrogen) atoms. The molecule has 0 saturated heterocycles. The van der Waals surface area contributed by atoms with Gasteiger partial charge in [0.2, 0.25) is 5.91 Å². The number of benzene rings is 2. The Balaban J connectivity index is 1.82. The van der Waals surface area contributed by atoms with Gasteiger partial charge in [0.15, 0.2) is 0 Å². The van der Waals surface area contributed by atoms with Gasteiger partial charge in [-0.05, 0) is 54.3 Å². The molecular formula is C19H15ClF3NO3. The molecule has 0 heterocycles. The van der Waals surface area contributed by atoms with Crippen molar-refractivity contribution in [2.75, 3.05) is 5.32 Å². The van der Waals surface area contributed by atoms with E-state index >= 15 is 0 Å². The lowest BCUT2D eigenvalue weighted by atomic mass is 9.93. The maximum Gasteiger partial charge on any atom is 0.416 e. The summed E-state index contributed by atoms with van der Waals surface area (Å²) in [5.74, 6) is -1.40. The molecule has 1 saturated carbocycles. The van der Waals surface area contributed by atoms with Crippen LogP contribution in [0.5, 0.6) is 0 Å².